The normalized spacial score (nSPS) is 15.3. The van der Waals surface area contributed by atoms with E-state index in [1.807, 2.05) is 0 Å². The molecule has 1 aromatic rings. The number of hydrogen-bond donors (Lipinski definition) is 2. The first-order valence-corrected chi connectivity index (χ1v) is 7.21. The molecule has 0 aromatic heterocycles. The van der Waals surface area contributed by atoms with Gasteiger partial charge in [0, 0.05) is 37.7 Å². The fraction of sp³-hybridized carbons (Fsp3) is 0.500. The highest BCUT2D eigenvalue weighted by molar-refractivity contribution is 6.30. The van der Waals surface area contributed by atoms with Crippen molar-refractivity contribution < 1.29 is 9.18 Å². The first-order valence-electron chi connectivity index (χ1n) is 6.83. The van der Waals surface area contributed by atoms with Crippen molar-refractivity contribution >= 4 is 29.9 Å². The Labute approximate surface area is 135 Å². The highest BCUT2D eigenvalue weighted by Crippen LogP contribution is 2.14. The Morgan fingerprint density at radius 3 is 2.81 bits per heavy atom. The molecule has 1 amide bonds. The second-order valence-corrected chi connectivity index (χ2v) is 5.26. The molecule has 7 heteroatoms. The molecule has 1 heterocycles. The number of hydrogen-bond acceptors (Lipinski definition) is 3. The van der Waals surface area contributed by atoms with Crippen LogP contribution in [-0.2, 0) is 0 Å². The summed E-state index contributed by atoms with van der Waals surface area (Å²) in [6.45, 7) is 5.59. The van der Waals surface area contributed by atoms with Crippen LogP contribution in [0.2, 0.25) is 5.02 Å². The van der Waals surface area contributed by atoms with Gasteiger partial charge in [-0.2, -0.15) is 0 Å². The van der Waals surface area contributed by atoms with Gasteiger partial charge in [0.2, 0.25) is 0 Å². The van der Waals surface area contributed by atoms with Crippen LogP contribution in [0.5, 0.6) is 0 Å². The molecule has 1 aromatic carbocycles. The van der Waals surface area contributed by atoms with Gasteiger partial charge < -0.3 is 15.5 Å². The summed E-state index contributed by atoms with van der Waals surface area (Å²) in [6, 6.07) is 3.98. The molecule has 1 fully saturated rings. The number of benzene rings is 1. The van der Waals surface area contributed by atoms with Crippen LogP contribution in [0, 0.1) is 5.82 Å². The van der Waals surface area contributed by atoms with Gasteiger partial charge >= 0.3 is 0 Å². The second kappa shape index (κ2) is 9.20. The van der Waals surface area contributed by atoms with Crippen molar-refractivity contribution in [3.63, 3.8) is 0 Å². The molecule has 0 saturated carbocycles. The average Bonchev–Trinajstić information content (AvgIpc) is 2.47. The van der Waals surface area contributed by atoms with Gasteiger partial charge in [0.1, 0.15) is 5.82 Å². The van der Waals surface area contributed by atoms with Crippen molar-refractivity contribution in [3.05, 3.63) is 34.6 Å². The van der Waals surface area contributed by atoms with Gasteiger partial charge in [0.05, 0.1) is 5.56 Å². The van der Waals surface area contributed by atoms with E-state index in [1.165, 1.54) is 18.2 Å². The first kappa shape index (κ1) is 18.2. The maximum Gasteiger partial charge on any atom is 0.254 e. The highest BCUT2D eigenvalue weighted by atomic mass is 35.5. The van der Waals surface area contributed by atoms with Crippen molar-refractivity contribution in [1.29, 1.82) is 0 Å². The van der Waals surface area contributed by atoms with Crippen molar-refractivity contribution in [2.45, 2.75) is 6.42 Å². The SMILES string of the molecule is Cl.O=C(NCCCN1CCNCC1)c1cc(Cl)ccc1F. The quantitative estimate of drug-likeness (QED) is 0.808. The Morgan fingerprint density at radius 2 is 2.10 bits per heavy atom. The van der Waals surface area contributed by atoms with E-state index >= 15 is 0 Å². The number of carbonyl (C=O) groups is 1. The van der Waals surface area contributed by atoms with E-state index in [-0.39, 0.29) is 18.0 Å². The lowest BCUT2D eigenvalue weighted by molar-refractivity contribution is 0.0947. The number of nitrogens with zero attached hydrogens (tertiary/aromatic N) is 1. The molecule has 2 rings (SSSR count). The van der Waals surface area contributed by atoms with Crippen LogP contribution in [0.25, 0.3) is 0 Å². The zero-order valence-electron chi connectivity index (χ0n) is 11.7. The van der Waals surface area contributed by atoms with E-state index in [1.54, 1.807) is 0 Å². The lowest BCUT2D eigenvalue weighted by Crippen LogP contribution is -2.44. The molecular formula is C14H20Cl2FN3O. The molecule has 1 saturated heterocycles. The molecule has 0 atom stereocenters. The summed E-state index contributed by atoms with van der Waals surface area (Å²) in [6.07, 6.45) is 0.855. The molecule has 0 radical (unpaired) electrons. The molecular weight excluding hydrogens is 316 g/mol. The Hall–Kier alpha value is -0.880. The van der Waals surface area contributed by atoms with Gasteiger partial charge in [-0.3, -0.25) is 4.79 Å². The van der Waals surface area contributed by atoms with Gasteiger partial charge in [0.15, 0.2) is 0 Å². The number of nitrogens with one attached hydrogen (secondary N) is 2. The third-order valence-corrected chi connectivity index (χ3v) is 3.55. The van der Waals surface area contributed by atoms with E-state index in [0.29, 0.717) is 11.6 Å². The number of rotatable bonds is 5. The highest BCUT2D eigenvalue weighted by Gasteiger charge is 2.12. The summed E-state index contributed by atoms with van der Waals surface area (Å²) in [5.74, 6) is -0.959. The fourth-order valence-electron chi connectivity index (χ4n) is 2.21. The summed E-state index contributed by atoms with van der Waals surface area (Å²) >= 11 is 5.76. The predicted octanol–water partition coefficient (Wildman–Crippen LogP) is 1.93. The van der Waals surface area contributed by atoms with Crippen LogP contribution >= 0.6 is 24.0 Å². The minimum absolute atomic E-state index is 0. The van der Waals surface area contributed by atoms with E-state index in [2.05, 4.69) is 15.5 Å². The Bertz CT molecular complexity index is 468. The molecule has 0 unspecified atom stereocenters. The fourth-order valence-corrected chi connectivity index (χ4v) is 2.38. The van der Waals surface area contributed by atoms with Crippen molar-refractivity contribution in [2.24, 2.45) is 0 Å². The third-order valence-electron chi connectivity index (χ3n) is 3.32. The van der Waals surface area contributed by atoms with Crippen LogP contribution in [0.3, 0.4) is 0 Å². The van der Waals surface area contributed by atoms with Crippen LogP contribution < -0.4 is 10.6 Å². The molecule has 1 aliphatic heterocycles. The smallest absolute Gasteiger partial charge is 0.254 e. The standard InChI is InChI=1S/C14H19ClFN3O.ClH/c15-11-2-3-13(16)12(10-11)14(20)18-4-1-7-19-8-5-17-6-9-19;/h2-3,10,17H,1,4-9H2,(H,18,20);1H. The molecule has 1 aliphatic rings. The Balaban J connectivity index is 0.00000220. The van der Waals surface area contributed by atoms with Gasteiger partial charge in [-0.25, -0.2) is 4.39 Å². The van der Waals surface area contributed by atoms with Gasteiger partial charge in [0.25, 0.3) is 5.91 Å². The minimum Gasteiger partial charge on any atom is -0.352 e. The van der Waals surface area contributed by atoms with Crippen LogP contribution in [0.15, 0.2) is 18.2 Å². The van der Waals surface area contributed by atoms with Gasteiger partial charge in [-0.05, 0) is 31.2 Å². The van der Waals surface area contributed by atoms with Crippen LogP contribution in [0.1, 0.15) is 16.8 Å². The van der Waals surface area contributed by atoms with Gasteiger partial charge in [-0.15, -0.1) is 12.4 Å². The molecule has 4 nitrogen and oxygen atoms in total. The second-order valence-electron chi connectivity index (χ2n) is 4.83. The van der Waals surface area contributed by atoms with E-state index in [9.17, 15) is 9.18 Å². The average molecular weight is 336 g/mol. The molecule has 118 valence electrons. The Kier molecular flexibility index (Phi) is 7.96. The summed E-state index contributed by atoms with van der Waals surface area (Å²) in [5.41, 5.74) is -0.000303. The minimum atomic E-state index is -0.547. The predicted molar refractivity (Wildman–Crippen MR) is 84.9 cm³/mol. The maximum atomic E-state index is 13.5. The largest absolute Gasteiger partial charge is 0.352 e. The molecule has 0 spiro atoms. The van der Waals surface area contributed by atoms with Crippen LogP contribution in [-0.4, -0.2) is 50.1 Å². The maximum absolute atomic E-state index is 13.5. The zero-order valence-corrected chi connectivity index (χ0v) is 13.3. The number of carbonyl (C=O) groups excluding carboxylic acids is 1. The van der Waals surface area contributed by atoms with Crippen molar-refractivity contribution in [1.82, 2.24) is 15.5 Å². The topological polar surface area (TPSA) is 44.4 Å². The lowest BCUT2D eigenvalue weighted by Gasteiger charge is -2.27. The van der Waals surface area contributed by atoms with Gasteiger partial charge in [-0.1, -0.05) is 11.6 Å². The van der Waals surface area contributed by atoms with E-state index in [0.717, 1.165) is 39.1 Å². The summed E-state index contributed by atoms with van der Waals surface area (Å²) < 4.78 is 13.5. The number of piperazine rings is 1. The zero-order chi connectivity index (χ0) is 14.4. The first-order chi connectivity index (χ1) is 9.66. The summed E-state index contributed by atoms with van der Waals surface area (Å²) in [4.78, 5) is 14.2. The monoisotopic (exact) mass is 335 g/mol. The lowest BCUT2D eigenvalue weighted by atomic mass is 10.2. The molecule has 2 N–H and O–H groups in total. The van der Waals surface area contributed by atoms with Crippen molar-refractivity contribution in [3.8, 4) is 0 Å². The molecule has 21 heavy (non-hydrogen) atoms. The molecule has 0 bridgehead atoms. The summed E-state index contributed by atoms with van der Waals surface area (Å²) in [7, 11) is 0. The third kappa shape index (κ3) is 5.79. The summed E-state index contributed by atoms with van der Waals surface area (Å²) in [5, 5.41) is 6.38. The van der Waals surface area contributed by atoms with E-state index < -0.39 is 11.7 Å². The van der Waals surface area contributed by atoms with Crippen molar-refractivity contribution in [2.75, 3.05) is 39.3 Å². The number of halogens is 3. The molecule has 0 aliphatic carbocycles. The Morgan fingerprint density at radius 1 is 1.38 bits per heavy atom. The number of amides is 1. The van der Waals surface area contributed by atoms with E-state index in [4.69, 9.17) is 11.6 Å². The van der Waals surface area contributed by atoms with Crippen LogP contribution in [0.4, 0.5) is 4.39 Å².